The Balaban J connectivity index is 1.58. The molecule has 1 aromatic carbocycles. The van der Waals surface area contributed by atoms with Gasteiger partial charge < -0.3 is 14.4 Å². The van der Waals surface area contributed by atoms with Gasteiger partial charge in [0.05, 0.1) is 43.2 Å². The number of methoxy groups -OCH3 is 1. The average Bonchev–Trinajstić information content (AvgIpc) is 3.43. The van der Waals surface area contributed by atoms with Crippen molar-refractivity contribution in [2.24, 2.45) is 10.1 Å². The lowest BCUT2D eigenvalue weighted by Gasteiger charge is -2.28. The summed E-state index contributed by atoms with van der Waals surface area (Å²) in [5.41, 5.74) is 3.34. The Hall–Kier alpha value is -2.26. The fraction of sp³-hybridized carbons (Fsp3) is 0.333. The van der Waals surface area contributed by atoms with Crippen LogP contribution in [0.5, 0.6) is 0 Å². The monoisotopic (exact) mass is 428 g/mol. The van der Waals surface area contributed by atoms with Crippen LogP contribution in [0.1, 0.15) is 5.56 Å². The van der Waals surface area contributed by atoms with E-state index in [1.165, 1.54) is 10.6 Å². The molecule has 3 heterocycles. The Morgan fingerprint density at radius 1 is 1.14 bits per heavy atom. The summed E-state index contributed by atoms with van der Waals surface area (Å²) in [6.07, 6.45) is 1.89. The van der Waals surface area contributed by atoms with Crippen molar-refractivity contribution in [1.82, 2.24) is 4.68 Å². The van der Waals surface area contributed by atoms with Crippen LogP contribution in [0, 0.1) is 0 Å². The van der Waals surface area contributed by atoms with Crippen molar-refractivity contribution in [1.29, 1.82) is 0 Å². The Morgan fingerprint density at radius 2 is 1.97 bits per heavy atom. The molecule has 1 aliphatic heterocycles. The number of hydrogen-bond acceptors (Lipinski definition) is 7. The molecule has 2 aromatic heterocycles. The molecule has 29 heavy (non-hydrogen) atoms. The summed E-state index contributed by atoms with van der Waals surface area (Å²) in [5, 5.41) is 8.94. The maximum atomic E-state index is 5.43. The molecule has 0 N–H and O–H groups in total. The van der Waals surface area contributed by atoms with Crippen molar-refractivity contribution in [3.63, 3.8) is 0 Å². The highest BCUT2D eigenvalue weighted by molar-refractivity contribution is 7.14. The number of thiazole rings is 1. The van der Waals surface area contributed by atoms with E-state index in [9.17, 15) is 0 Å². The van der Waals surface area contributed by atoms with Gasteiger partial charge in [-0.2, -0.15) is 5.10 Å². The van der Waals surface area contributed by atoms with E-state index in [0.717, 1.165) is 42.4 Å². The van der Waals surface area contributed by atoms with E-state index in [4.69, 9.17) is 14.6 Å². The minimum atomic E-state index is 0.596. The molecular weight excluding hydrogens is 404 g/mol. The zero-order valence-corrected chi connectivity index (χ0v) is 18.0. The zero-order valence-electron chi connectivity index (χ0n) is 16.4. The first-order valence-electron chi connectivity index (χ1n) is 9.56. The van der Waals surface area contributed by atoms with Gasteiger partial charge in [0, 0.05) is 31.3 Å². The SMILES string of the molecule is COCCN=c1scc(-c2cccs2)n1N=Cc1ccc(N2CCOCC2)cc1. The Bertz CT molecular complexity index is 985. The van der Waals surface area contributed by atoms with E-state index in [2.05, 4.69) is 57.1 Å². The van der Waals surface area contributed by atoms with Gasteiger partial charge in [0.15, 0.2) is 0 Å². The maximum Gasteiger partial charge on any atom is 0.206 e. The van der Waals surface area contributed by atoms with Crippen LogP contribution < -0.4 is 9.70 Å². The summed E-state index contributed by atoms with van der Waals surface area (Å²) < 4.78 is 12.5. The van der Waals surface area contributed by atoms with Gasteiger partial charge in [0.25, 0.3) is 0 Å². The second-order valence-electron chi connectivity index (χ2n) is 6.50. The predicted octanol–water partition coefficient (Wildman–Crippen LogP) is 3.54. The molecule has 0 amide bonds. The largest absolute Gasteiger partial charge is 0.383 e. The van der Waals surface area contributed by atoms with Crippen molar-refractivity contribution in [2.45, 2.75) is 0 Å². The Morgan fingerprint density at radius 3 is 2.69 bits per heavy atom. The summed E-state index contributed by atoms with van der Waals surface area (Å²) >= 11 is 3.30. The topological polar surface area (TPSA) is 51.3 Å². The molecule has 4 rings (SSSR count). The number of anilines is 1. The van der Waals surface area contributed by atoms with Gasteiger partial charge in [0.1, 0.15) is 0 Å². The van der Waals surface area contributed by atoms with Crippen LogP contribution in [0.25, 0.3) is 10.6 Å². The highest BCUT2D eigenvalue weighted by Crippen LogP contribution is 2.25. The van der Waals surface area contributed by atoms with E-state index in [1.807, 2.05) is 10.9 Å². The normalized spacial score (nSPS) is 15.5. The lowest BCUT2D eigenvalue weighted by atomic mass is 10.2. The van der Waals surface area contributed by atoms with Gasteiger partial charge in [-0.05, 0) is 29.1 Å². The van der Waals surface area contributed by atoms with Crippen molar-refractivity contribution >= 4 is 34.6 Å². The fourth-order valence-corrected chi connectivity index (χ4v) is 4.72. The van der Waals surface area contributed by atoms with Crippen LogP contribution >= 0.6 is 22.7 Å². The van der Waals surface area contributed by atoms with Crippen LogP contribution in [-0.4, -0.2) is 57.5 Å². The van der Waals surface area contributed by atoms with E-state index < -0.39 is 0 Å². The van der Waals surface area contributed by atoms with Crippen LogP contribution in [0.4, 0.5) is 5.69 Å². The van der Waals surface area contributed by atoms with Crippen molar-refractivity contribution < 1.29 is 9.47 Å². The zero-order chi connectivity index (χ0) is 19.9. The molecule has 3 aromatic rings. The molecule has 1 saturated heterocycles. The smallest absolute Gasteiger partial charge is 0.206 e. The van der Waals surface area contributed by atoms with Crippen LogP contribution in [-0.2, 0) is 9.47 Å². The first-order chi connectivity index (χ1) is 14.3. The third-order valence-corrected chi connectivity index (χ3v) is 6.34. The van der Waals surface area contributed by atoms with Crippen molar-refractivity contribution in [2.75, 3.05) is 51.5 Å². The number of morpholine rings is 1. The lowest BCUT2D eigenvalue weighted by molar-refractivity contribution is 0.122. The first-order valence-corrected chi connectivity index (χ1v) is 11.3. The van der Waals surface area contributed by atoms with Gasteiger partial charge in [-0.3, -0.25) is 4.99 Å². The van der Waals surface area contributed by atoms with Crippen LogP contribution in [0.15, 0.2) is 57.3 Å². The van der Waals surface area contributed by atoms with Crippen molar-refractivity contribution in [3.8, 4) is 10.6 Å². The molecule has 0 aliphatic carbocycles. The number of benzene rings is 1. The second-order valence-corrected chi connectivity index (χ2v) is 8.29. The highest BCUT2D eigenvalue weighted by atomic mass is 32.1. The standard InChI is InChI=1S/C21H24N4O2S2/c1-26-11-8-22-21-25(19(16-29-21)20-3-2-14-28-20)23-15-17-4-6-18(7-5-17)24-9-12-27-13-10-24/h2-7,14-16H,8-13H2,1H3. The molecule has 1 aliphatic rings. The first kappa shape index (κ1) is 20.0. The molecule has 0 spiro atoms. The predicted molar refractivity (Wildman–Crippen MR) is 120 cm³/mol. The van der Waals surface area contributed by atoms with E-state index >= 15 is 0 Å². The summed E-state index contributed by atoms with van der Waals surface area (Å²) in [5.74, 6) is 0. The van der Waals surface area contributed by atoms with Gasteiger partial charge in [-0.1, -0.05) is 18.2 Å². The Labute approximate surface area is 178 Å². The third kappa shape index (κ3) is 5.02. The number of ether oxygens (including phenoxy) is 2. The highest BCUT2D eigenvalue weighted by Gasteiger charge is 2.11. The van der Waals surface area contributed by atoms with Gasteiger partial charge in [-0.25, -0.2) is 4.68 Å². The van der Waals surface area contributed by atoms with Crippen molar-refractivity contribution in [3.05, 3.63) is 57.5 Å². The van der Waals surface area contributed by atoms with Crippen LogP contribution in [0.2, 0.25) is 0 Å². The lowest BCUT2D eigenvalue weighted by Crippen LogP contribution is -2.36. The van der Waals surface area contributed by atoms with Gasteiger partial charge in [0.2, 0.25) is 4.80 Å². The number of nitrogens with zero attached hydrogens (tertiary/aromatic N) is 4. The maximum absolute atomic E-state index is 5.43. The molecule has 0 bridgehead atoms. The van der Waals surface area contributed by atoms with E-state index in [1.54, 1.807) is 29.8 Å². The Kier molecular flexibility index (Phi) is 6.89. The molecule has 0 radical (unpaired) electrons. The summed E-state index contributed by atoms with van der Waals surface area (Å²) in [6.45, 7) is 4.67. The number of rotatable bonds is 7. The van der Waals surface area contributed by atoms with E-state index in [0.29, 0.717) is 13.2 Å². The molecule has 1 fully saturated rings. The minimum absolute atomic E-state index is 0.596. The van der Waals surface area contributed by atoms with Gasteiger partial charge in [-0.15, -0.1) is 22.7 Å². The molecule has 8 heteroatoms. The van der Waals surface area contributed by atoms with Crippen LogP contribution in [0.3, 0.4) is 0 Å². The van der Waals surface area contributed by atoms with Gasteiger partial charge >= 0.3 is 0 Å². The number of hydrogen-bond donors (Lipinski definition) is 0. The second kappa shape index (κ2) is 9.98. The molecule has 0 atom stereocenters. The summed E-state index contributed by atoms with van der Waals surface area (Å²) in [7, 11) is 1.69. The molecular formula is C21H24N4O2S2. The average molecular weight is 429 g/mol. The number of aromatic nitrogens is 1. The number of thiophene rings is 1. The molecule has 0 saturated carbocycles. The third-order valence-electron chi connectivity index (χ3n) is 4.59. The molecule has 0 unspecified atom stereocenters. The molecule has 152 valence electrons. The quantitative estimate of drug-likeness (QED) is 0.427. The van der Waals surface area contributed by atoms with E-state index in [-0.39, 0.29) is 0 Å². The summed E-state index contributed by atoms with van der Waals surface area (Å²) in [6, 6.07) is 12.7. The fourth-order valence-electron chi connectivity index (χ4n) is 3.06. The molecule has 6 nitrogen and oxygen atoms in total. The minimum Gasteiger partial charge on any atom is -0.383 e. The summed E-state index contributed by atoms with van der Waals surface area (Å²) in [4.78, 5) is 9.03.